The smallest absolute Gasteiger partial charge is 0.256 e. The maximum Gasteiger partial charge on any atom is 0.256 e. The molecular weight excluding hydrogens is 280 g/mol. The summed E-state index contributed by atoms with van der Waals surface area (Å²) >= 11 is 0. The zero-order valence-electron chi connectivity index (χ0n) is 13.6. The number of rotatable bonds is 6. The van der Waals surface area contributed by atoms with Gasteiger partial charge in [0, 0.05) is 32.3 Å². The molecule has 1 aromatic rings. The number of hydrogen-bond donors (Lipinski definition) is 1. The Bertz CT molecular complexity index is 480. The van der Waals surface area contributed by atoms with Crippen LogP contribution in [0.4, 0.5) is 0 Å². The lowest BCUT2D eigenvalue weighted by Crippen LogP contribution is -2.46. The van der Waals surface area contributed by atoms with Crippen molar-refractivity contribution < 1.29 is 14.6 Å². The number of aliphatic hydroxyl groups is 1. The Labute approximate surface area is 132 Å². The van der Waals surface area contributed by atoms with Crippen LogP contribution in [0.2, 0.25) is 0 Å². The Morgan fingerprint density at radius 1 is 1.45 bits per heavy atom. The van der Waals surface area contributed by atoms with Crippen LogP contribution in [-0.2, 0) is 9.53 Å². The average Bonchev–Trinajstić information content (AvgIpc) is 2.91. The lowest BCUT2D eigenvalue weighted by molar-refractivity contribution is -0.143. The Balaban J connectivity index is 2.09. The topological polar surface area (TPSA) is 53.0 Å². The van der Waals surface area contributed by atoms with Gasteiger partial charge >= 0.3 is 0 Å². The van der Waals surface area contributed by atoms with E-state index in [-0.39, 0.29) is 24.6 Å². The van der Waals surface area contributed by atoms with E-state index in [4.69, 9.17) is 9.84 Å². The number of carbonyl (C=O) groups excluding carboxylic acids is 1. The fraction of sp³-hybridized carbons (Fsp3) is 0.588. The Morgan fingerprint density at radius 2 is 2.14 bits per heavy atom. The van der Waals surface area contributed by atoms with Gasteiger partial charge in [-0.1, -0.05) is 30.3 Å². The molecule has 3 atom stereocenters. The summed E-state index contributed by atoms with van der Waals surface area (Å²) in [6.07, 6.45) is 0.375. The highest BCUT2D eigenvalue weighted by Crippen LogP contribution is 2.27. The molecule has 0 radical (unpaired) electrons. The van der Waals surface area contributed by atoms with E-state index >= 15 is 0 Å². The first-order valence-corrected chi connectivity index (χ1v) is 7.79. The van der Waals surface area contributed by atoms with Crippen molar-refractivity contribution in [2.75, 3.05) is 33.9 Å². The molecule has 1 amide bonds. The van der Waals surface area contributed by atoms with Crippen molar-refractivity contribution in [3.8, 4) is 0 Å². The van der Waals surface area contributed by atoms with E-state index in [1.807, 2.05) is 42.3 Å². The van der Waals surface area contributed by atoms with Crippen molar-refractivity contribution in [3.63, 3.8) is 0 Å². The van der Waals surface area contributed by atoms with E-state index in [2.05, 4.69) is 11.8 Å². The number of nitrogens with zero attached hydrogens (tertiary/aromatic N) is 2. The quantitative estimate of drug-likeness (QED) is 0.860. The van der Waals surface area contributed by atoms with Gasteiger partial charge in [-0.2, -0.15) is 0 Å². The number of ether oxygens (including phenoxy) is 1. The molecule has 1 fully saturated rings. The summed E-state index contributed by atoms with van der Waals surface area (Å²) < 4.78 is 5.46. The lowest BCUT2D eigenvalue weighted by atomic mass is 10.1. The second-order valence-electron chi connectivity index (χ2n) is 5.86. The van der Waals surface area contributed by atoms with Crippen LogP contribution in [0.5, 0.6) is 0 Å². The molecule has 0 unspecified atom stereocenters. The predicted octanol–water partition coefficient (Wildman–Crippen LogP) is 1.29. The summed E-state index contributed by atoms with van der Waals surface area (Å²) in [5.74, 6) is 0.0149. The molecule has 2 rings (SSSR count). The first kappa shape index (κ1) is 16.9. The molecule has 1 aromatic carbocycles. The minimum Gasteiger partial charge on any atom is -0.395 e. The molecule has 122 valence electrons. The number of benzene rings is 1. The second kappa shape index (κ2) is 7.72. The van der Waals surface area contributed by atoms with Crippen LogP contribution in [0.15, 0.2) is 30.3 Å². The number of likely N-dealkylation sites (N-methyl/N-ethyl adjacent to an activating group) is 1. The number of carbonyl (C=O) groups is 1. The number of aliphatic hydroxyl groups excluding tert-OH is 1. The van der Waals surface area contributed by atoms with E-state index < -0.39 is 6.10 Å². The molecule has 1 aliphatic rings. The van der Waals surface area contributed by atoms with E-state index in [9.17, 15) is 4.79 Å². The van der Waals surface area contributed by atoms with Crippen molar-refractivity contribution >= 4 is 5.91 Å². The second-order valence-corrected chi connectivity index (χ2v) is 5.86. The highest BCUT2D eigenvalue weighted by molar-refractivity contribution is 5.83. The van der Waals surface area contributed by atoms with E-state index in [0.717, 1.165) is 18.5 Å². The van der Waals surface area contributed by atoms with Crippen molar-refractivity contribution in [2.45, 2.75) is 31.5 Å². The van der Waals surface area contributed by atoms with Crippen LogP contribution in [0.1, 0.15) is 25.0 Å². The summed E-state index contributed by atoms with van der Waals surface area (Å²) in [6, 6.07) is 10.00. The van der Waals surface area contributed by atoms with Gasteiger partial charge in [0.15, 0.2) is 6.10 Å². The number of amides is 1. The van der Waals surface area contributed by atoms with Gasteiger partial charge in [-0.25, -0.2) is 0 Å². The molecule has 22 heavy (non-hydrogen) atoms. The largest absolute Gasteiger partial charge is 0.395 e. The van der Waals surface area contributed by atoms with Gasteiger partial charge in [0.05, 0.1) is 6.61 Å². The van der Waals surface area contributed by atoms with Crippen LogP contribution in [0.25, 0.3) is 0 Å². The monoisotopic (exact) mass is 306 g/mol. The Hall–Kier alpha value is -1.43. The van der Waals surface area contributed by atoms with Crippen molar-refractivity contribution in [3.05, 3.63) is 35.9 Å². The molecule has 5 nitrogen and oxygen atoms in total. The van der Waals surface area contributed by atoms with Gasteiger partial charge in [-0.3, -0.25) is 9.69 Å². The third-order valence-corrected chi connectivity index (χ3v) is 4.58. The van der Waals surface area contributed by atoms with Gasteiger partial charge in [-0.15, -0.1) is 0 Å². The van der Waals surface area contributed by atoms with Gasteiger partial charge in [0.25, 0.3) is 5.91 Å². The number of likely N-dealkylation sites (tertiary alicyclic amines) is 1. The molecule has 1 aliphatic heterocycles. The molecule has 1 saturated heterocycles. The first-order chi connectivity index (χ1) is 10.6. The Kier molecular flexibility index (Phi) is 5.94. The normalized spacial score (nSPS) is 23.0. The van der Waals surface area contributed by atoms with Gasteiger partial charge < -0.3 is 14.7 Å². The standard InChI is InChI=1S/C17H26N2O3/c1-13-15(18(2)11-12-20)9-10-19(13)17(21)16(22-3)14-7-5-4-6-8-14/h4-8,13,15-16,20H,9-12H2,1-3H3/t13-,15-,16-/m1/s1. The molecule has 0 aromatic heterocycles. The van der Waals surface area contributed by atoms with Crippen LogP contribution < -0.4 is 0 Å². The highest BCUT2D eigenvalue weighted by atomic mass is 16.5. The fourth-order valence-corrected chi connectivity index (χ4v) is 3.30. The van der Waals surface area contributed by atoms with Crippen LogP contribution in [-0.4, -0.2) is 66.8 Å². The van der Waals surface area contributed by atoms with E-state index in [1.54, 1.807) is 7.11 Å². The van der Waals surface area contributed by atoms with Crippen molar-refractivity contribution in [1.82, 2.24) is 9.80 Å². The molecule has 5 heteroatoms. The van der Waals surface area contributed by atoms with E-state index in [0.29, 0.717) is 6.54 Å². The lowest BCUT2D eigenvalue weighted by Gasteiger charge is -2.32. The minimum atomic E-state index is -0.550. The molecule has 0 spiro atoms. The van der Waals surface area contributed by atoms with E-state index in [1.165, 1.54) is 0 Å². The van der Waals surface area contributed by atoms with Gasteiger partial charge in [0.1, 0.15) is 0 Å². The van der Waals surface area contributed by atoms with Crippen molar-refractivity contribution in [1.29, 1.82) is 0 Å². The molecule has 0 bridgehead atoms. The van der Waals surface area contributed by atoms with Gasteiger partial charge in [0.2, 0.25) is 0 Å². The summed E-state index contributed by atoms with van der Waals surface area (Å²) in [5.41, 5.74) is 0.884. The SMILES string of the molecule is CO[C@@H](C(=O)N1CC[C@@H](N(C)CCO)[C@H]1C)c1ccccc1. The number of methoxy groups -OCH3 is 1. The summed E-state index contributed by atoms with van der Waals surface area (Å²) in [6.45, 7) is 3.57. The molecule has 0 saturated carbocycles. The van der Waals surface area contributed by atoms with Crippen LogP contribution >= 0.6 is 0 Å². The maximum atomic E-state index is 12.8. The predicted molar refractivity (Wildman–Crippen MR) is 85.5 cm³/mol. The van der Waals surface area contributed by atoms with Gasteiger partial charge in [-0.05, 0) is 26.0 Å². The maximum absolute atomic E-state index is 12.8. The average molecular weight is 306 g/mol. The highest BCUT2D eigenvalue weighted by Gasteiger charge is 2.38. The fourth-order valence-electron chi connectivity index (χ4n) is 3.30. The zero-order valence-corrected chi connectivity index (χ0v) is 13.6. The molecular formula is C17H26N2O3. The van der Waals surface area contributed by atoms with Crippen LogP contribution in [0.3, 0.4) is 0 Å². The summed E-state index contributed by atoms with van der Waals surface area (Å²) in [7, 11) is 3.57. The minimum absolute atomic E-state index is 0.0149. The third-order valence-electron chi connectivity index (χ3n) is 4.58. The number of hydrogen-bond acceptors (Lipinski definition) is 4. The van der Waals surface area contributed by atoms with Crippen molar-refractivity contribution in [2.24, 2.45) is 0 Å². The summed E-state index contributed by atoms with van der Waals surface area (Å²) in [5, 5.41) is 9.09. The first-order valence-electron chi connectivity index (χ1n) is 7.79. The molecule has 0 aliphatic carbocycles. The third kappa shape index (κ3) is 3.48. The Morgan fingerprint density at radius 3 is 2.73 bits per heavy atom. The summed E-state index contributed by atoms with van der Waals surface area (Å²) in [4.78, 5) is 16.9. The zero-order chi connectivity index (χ0) is 16.1. The molecule has 1 heterocycles. The van der Waals surface area contributed by atoms with Crippen LogP contribution in [0, 0.1) is 0 Å². The molecule has 1 N–H and O–H groups in total.